The number of amides is 14. The van der Waals surface area contributed by atoms with E-state index in [4.69, 9.17) is 44.3 Å². The number of anilines is 4. The normalized spacial score (nSPS) is 17.5. The number of aromatic nitrogens is 2. The molecule has 0 unspecified atom stereocenters. The van der Waals surface area contributed by atoms with E-state index in [-0.39, 0.29) is 54.3 Å². The number of nitrogens with one attached hydrogen (secondary N) is 14. The fraction of sp³-hybridized carbons (Fsp3) is 0.544. The lowest BCUT2D eigenvalue weighted by atomic mass is 10.1. The van der Waals surface area contributed by atoms with Crippen LogP contribution in [0, 0.1) is 0 Å². The van der Waals surface area contributed by atoms with Gasteiger partial charge in [-0.15, -0.1) is 0 Å². The van der Waals surface area contributed by atoms with Gasteiger partial charge in [0, 0.05) is 128 Å². The molecule has 8 fully saturated rings. The van der Waals surface area contributed by atoms with Crippen molar-refractivity contribution in [3.63, 3.8) is 0 Å². The number of rotatable bonds is 23. The molecule has 0 saturated carbocycles. The summed E-state index contributed by atoms with van der Waals surface area (Å²) in [6.07, 6.45) is 23.3. The average molecular weight is 1980 g/mol. The Morgan fingerprint density at radius 2 is 0.719 bits per heavy atom. The molecule has 8 aliphatic heterocycles. The van der Waals surface area contributed by atoms with Crippen LogP contribution in [0.5, 0.6) is 11.5 Å². The van der Waals surface area contributed by atoms with Crippen molar-refractivity contribution in [3.05, 3.63) is 201 Å². The van der Waals surface area contributed by atoms with E-state index in [0.717, 1.165) is 236 Å². The largest absolute Gasteiger partial charge is 0.497 e. The predicted molar refractivity (Wildman–Crippen MR) is 561 cm³/mol. The third kappa shape index (κ3) is 45.2. The van der Waals surface area contributed by atoms with E-state index >= 15 is 0 Å². The van der Waals surface area contributed by atoms with Crippen LogP contribution >= 0.6 is 34.8 Å². The smallest absolute Gasteiger partial charge is 0.319 e. The summed E-state index contributed by atoms with van der Waals surface area (Å²) in [4.78, 5) is 110. The van der Waals surface area contributed by atoms with Crippen molar-refractivity contribution >= 4 is 99.8 Å². The lowest BCUT2D eigenvalue weighted by molar-refractivity contribution is 0.213. The van der Waals surface area contributed by atoms with Gasteiger partial charge in [0.15, 0.2) is 0 Å². The fourth-order valence-corrected chi connectivity index (χ4v) is 17.4. The highest BCUT2D eigenvalue weighted by molar-refractivity contribution is 6.34. The molecular weight excluding hydrogens is 1820 g/mol. The van der Waals surface area contributed by atoms with Crippen LogP contribution < -0.4 is 88.8 Å². The molecule has 33 nitrogen and oxygen atoms in total. The lowest BCUT2D eigenvalue weighted by Crippen LogP contribution is -2.47. The summed E-state index contributed by atoms with van der Waals surface area (Å²) in [5.74, 6) is 1.25. The third-order valence-electron chi connectivity index (χ3n) is 25.8. The molecule has 14 amide bonds. The van der Waals surface area contributed by atoms with Gasteiger partial charge in [-0.3, -0.25) is 9.97 Å². The number of methoxy groups -OCH3 is 2. The quantitative estimate of drug-likeness (QED) is 0.0283. The second-order valence-corrected chi connectivity index (χ2v) is 38.5. The molecule has 7 aromatic rings. The minimum Gasteiger partial charge on any atom is -0.497 e. The maximum absolute atomic E-state index is 12.1. The van der Waals surface area contributed by atoms with Crippen molar-refractivity contribution < 1.29 is 43.0 Å². The van der Waals surface area contributed by atoms with E-state index in [2.05, 4.69) is 210 Å². The van der Waals surface area contributed by atoms with Gasteiger partial charge in [-0.1, -0.05) is 90.3 Å². The van der Waals surface area contributed by atoms with E-state index in [0.29, 0.717) is 94.3 Å². The maximum atomic E-state index is 12.1. The molecular formula is C103H155Cl3N24O9. The van der Waals surface area contributed by atoms with Gasteiger partial charge in [0.1, 0.15) is 11.5 Å². The Morgan fingerprint density at radius 1 is 0.338 bits per heavy atom. The molecule has 0 radical (unpaired) electrons. The molecule has 36 heteroatoms. The van der Waals surface area contributed by atoms with E-state index in [1.165, 1.54) is 30.5 Å². The first-order chi connectivity index (χ1) is 67.1. The molecule has 2 aromatic heterocycles. The number of urea groups is 7. The minimum atomic E-state index is -0.227. The highest BCUT2D eigenvalue weighted by Gasteiger charge is 2.26. The van der Waals surface area contributed by atoms with Crippen LogP contribution in [0.1, 0.15) is 144 Å². The van der Waals surface area contributed by atoms with Crippen molar-refractivity contribution in [2.45, 2.75) is 191 Å². The van der Waals surface area contributed by atoms with E-state index < -0.39 is 0 Å². The second-order valence-electron chi connectivity index (χ2n) is 37.2. The van der Waals surface area contributed by atoms with Gasteiger partial charge < -0.3 is 123 Å². The van der Waals surface area contributed by atoms with Gasteiger partial charge in [0.25, 0.3) is 0 Å². The number of aryl methyl sites for hydroxylation is 1. The van der Waals surface area contributed by atoms with Gasteiger partial charge in [-0.25, -0.2) is 33.6 Å². The van der Waals surface area contributed by atoms with Crippen LogP contribution in [-0.2, 0) is 32.5 Å². The zero-order chi connectivity index (χ0) is 99.5. The van der Waals surface area contributed by atoms with E-state index in [1.807, 2.05) is 78.9 Å². The number of hydrogen-bond donors (Lipinski definition) is 14. The molecule has 5 aromatic carbocycles. The Balaban J connectivity index is 0.000000182. The maximum Gasteiger partial charge on any atom is 0.319 e. The number of nitrogens with zero attached hydrogens (tertiary/aromatic N) is 10. The molecule has 0 spiro atoms. The first kappa shape index (κ1) is 112. The van der Waals surface area contributed by atoms with Crippen molar-refractivity contribution in [1.29, 1.82) is 0 Å². The predicted octanol–water partition coefficient (Wildman–Crippen LogP) is 14.4. The SMILES string of the molecule is CCc1cccc(CNC(=O)NC2CCN(C)CC2)c1.CN1CCC(NC(=O)NCCc2ccccn2)CC1.CN1CCC(NC(=O)NCc2ccc(Cl)cc2)CC1.CN1CCC(NC(=O)NCc2ccccn2)CC1.CN1CCC(NC(=O)Nc2ccc(N3CCCCC3)cc2)CC1.COc1ccc(Cl)c(NC(=O)NC2CCN(C)CC2)c1.COc1ccc(NC(=O)NC2CCN(C)CC2)cc1Cl. The summed E-state index contributed by atoms with van der Waals surface area (Å²) in [7, 11) is 17.9. The summed E-state index contributed by atoms with van der Waals surface area (Å²) in [6, 6.07) is 47.0. The van der Waals surface area contributed by atoms with E-state index in [9.17, 15) is 33.6 Å². The van der Waals surface area contributed by atoms with Crippen molar-refractivity contribution in [3.8, 4) is 11.5 Å². The topological polar surface area (TPSA) is 358 Å². The summed E-state index contributed by atoms with van der Waals surface area (Å²) < 4.78 is 10.2. The van der Waals surface area contributed by atoms with Gasteiger partial charge in [0.05, 0.1) is 42.2 Å². The second kappa shape index (κ2) is 62.5. The lowest BCUT2D eigenvalue weighted by Gasteiger charge is -2.29. The molecule has 8 aliphatic rings. The Bertz CT molecular complexity index is 4720. The zero-order valence-electron chi connectivity index (χ0n) is 83.4. The van der Waals surface area contributed by atoms with Crippen LogP contribution in [0.15, 0.2) is 158 Å². The third-order valence-corrected chi connectivity index (χ3v) is 26.7. The zero-order valence-corrected chi connectivity index (χ0v) is 85.7. The first-order valence-electron chi connectivity index (χ1n) is 49.5. The van der Waals surface area contributed by atoms with Gasteiger partial charge >= 0.3 is 42.2 Å². The van der Waals surface area contributed by atoms with E-state index in [1.54, 1.807) is 63.0 Å². The average Bonchev–Trinajstić information content (AvgIpc) is 0.863. The number of carbonyl (C=O) groups is 7. The number of halogens is 3. The number of likely N-dealkylation sites (tertiary alicyclic amines) is 7. The Hall–Kier alpha value is -10.7. The standard InChI is InChI=1S/C18H28N4O.C16H25N3O.2C14H20ClN3O2.C14H20ClN3O.C14H22N4O.C13H20N4O/c1-21-13-9-16(10-14-21)20-18(23)19-15-5-7-17(8-6-15)22-11-3-2-4-12-22;1-3-13-5-4-6-14(11-13)12-17-16(20)18-15-7-9-19(2)10-8-15;1-18-7-5-10(6-8-18)16-14(19)17-11-3-4-13(20-2)12(15)9-11;1-18-7-5-10(6-8-18)16-14(19)17-13-9-11(20-2)3-4-12(13)15;1-18-8-6-13(7-9-18)17-14(19)16-10-11-2-4-12(15)5-3-11;1-18-10-6-13(7-11-18)17-14(19)16-9-5-12-4-2-3-8-15-12;1-17-8-5-11(6-9-17)16-13(18)15-10-12-4-2-3-7-14-12/h5-8,16H,2-4,9-14H2,1H3,(H2,19,20,23);4-6,11,15H,3,7-10,12H2,1-2H3,(H2,17,18,20);2*3-4,9-10H,5-8H2,1-2H3,(H2,16,17,19);2-5,13H,6-10H2,1H3,(H2,16,17,19);2-4,8,13H,5-7,9-11H2,1H3,(H2,16,17,19);2-4,7,11H,5-6,8-10H2,1H3,(H2,15,16,18). The summed E-state index contributed by atoms with van der Waals surface area (Å²) >= 11 is 17.9. The van der Waals surface area contributed by atoms with Crippen molar-refractivity contribution in [2.24, 2.45) is 0 Å². The number of carbonyl (C=O) groups excluding carboxylic acids is 7. The van der Waals surface area contributed by atoms with Crippen molar-refractivity contribution in [2.75, 3.05) is 196 Å². The van der Waals surface area contributed by atoms with Crippen LogP contribution in [0.4, 0.5) is 56.3 Å². The Kier molecular flexibility index (Phi) is 50.3. The van der Waals surface area contributed by atoms with Crippen molar-refractivity contribution in [1.82, 2.24) is 103 Å². The summed E-state index contributed by atoms with van der Waals surface area (Å²) in [5, 5.41) is 42.9. The van der Waals surface area contributed by atoms with Crippen LogP contribution in [0.2, 0.25) is 15.1 Å². The number of pyridine rings is 2. The van der Waals surface area contributed by atoms with Gasteiger partial charge in [0.2, 0.25) is 0 Å². The van der Waals surface area contributed by atoms with Gasteiger partial charge in [-0.05, 0) is 364 Å². The molecule has 14 N–H and O–H groups in total. The molecule has 0 atom stereocenters. The highest BCUT2D eigenvalue weighted by Crippen LogP contribution is 2.30. The molecule has 10 heterocycles. The monoisotopic (exact) mass is 1980 g/mol. The molecule has 139 heavy (non-hydrogen) atoms. The summed E-state index contributed by atoms with van der Waals surface area (Å²) in [6.45, 7) is 21.2. The van der Waals surface area contributed by atoms with Crippen LogP contribution in [0.25, 0.3) is 0 Å². The Labute approximate surface area is 839 Å². The first-order valence-corrected chi connectivity index (χ1v) is 50.6. The minimum absolute atomic E-state index is 0.0542. The van der Waals surface area contributed by atoms with Crippen LogP contribution in [0.3, 0.4) is 0 Å². The van der Waals surface area contributed by atoms with Crippen LogP contribution in [-0.4, -0.2) is 304 Å². The highest BCUT2D eigenvalue weighted by atomic mass is 35.5. The molecule has 0 bridgehead atoms. The number of piperidine rings is 8. The fourth-order valence-electron chi connectivity index (χ4n) is 16.9. The molecule has 762 valence electrons. The molecule has 15 rings (SSSR count). The number of hydrogen-bond acceptors (Lipinski definition) is 19. The Morgan fingerprint density at radius 3 is 1.12 bits per heavy atom. The summed E-state index contributed by atoms with van der Waals surface area (Å²) in [5.41, 5.74) is 8.70. The number of ether oxygens (including phenoxy) is 2. The molecule has 8 saturated heterocycles. The van der Waals surface area contributed by atoms with Gasteiger partial charge in [-0.2, -0.15) is 0 Å². The number of benzene rings is 5. The molecule has 0 aliphatic carbocycles.